The topological polar surface area (TPSA) is 66.6 Å². The van der Waals surface area contributed by atoms with Crippen LogP contribution < -0.4 is 5.73 Å². The molecule has 0 atom stereocenters. The number of carbonyl (C=O) groups is 1. The minimum atomic E-state index is -0.165. The van der Waals surface area contributed by atoms with Crippen molar-refractivity contribution in [1.29, 1.82) is 0 Å². The molecule has 4 nitrogen and oxygen atoms in total. The van der Waals surface area contributed by atoms with E-state index in [-0.39, 0.29) is 18.4 Å². The van der Waals surface area contributed by atoms with Gasteiger partial charge in [0.2, 0.25) is 5.91 Å². The molecule has 0 aromatic heterocycles. The van der Waals surface area contributed by atoms with Gasteiger partial charge >= 0.3 is 0 Å². The Morgan fingerprint density at radius 3 is 2.54 bits per heavy atom. The van der Waals surface area contributed by atoms with Crippen molar-refractivity contribution in [3.63, 3.8) is 0 Å². The van der Waals surface area contributed by atoms with E-state index in [1.807, 2.05) is 0 Å². The number of hydrogen-bond donors (Lipinski definition) is 2. The largest absolute Gasteiger partial charge is 0.396 e. The van der Waals surface area contributed by atoms with Crippen LogP contribution in [0.25, 0.3) is 0 Å². The predicted molar refractivity (Wildman–Crippen MR) is 50.1 cm³/mol. The first-order valence-electron chi connectivity index (χ1n) is 4.86. The van der Waals surface area contributed by atoms with Crippen molar-refractivity contribution in [3.05, 3.63) is 0 Å². The van der Waals surface area contributed by atoms with Crippen LogP contribution in [0, 0.1) is 5.92 Å². The smallest absolute Gasteiger partial charge is 0.220 e. The molecule has 1 aliphatic rings. The molecule has 0 aromatic carbocycles. The van der Waals surface area contributed by atoms with Crippen molar-refractivity contribution in [2.24, 2.45) is 11.7 Å². The van der Waals surface area contributed by atoms with Crippen LogP contribution in [0.5, 0.6) is 0 Å². The molecule has 0 aromatic rings. The molecule has 0 unspecified atom stereocenters. The number of primary amides is 1. The van der Waals surface area contributed by atoms with Crippen LogP contribution in [0.4, 0.5) is 0 Å². The van der Waals surface area contributed by atoms with Gasteiger partial charge in [0.05, 0.1) is 0 Å². The fourth-order valence-electron chi connectivity index (χ4n) is 1.74. The number of piperidine rings is 1. The Balaban J connectivity index is 2.18. The summed E-state index contributed by atoms with van der Waals surface area (Å²) in [5.41, 5.74) is 5.22. The molecule has 13 heavy (non-hydrogen) atoms. The minimum Gasteiger partial charge on any atom is -0.396 e. The van der Waals surface area contributed by atoms with E-state index in [1.165, 1.54) is 0 Å². The first-order valence-corrected chi connectivity index (χ1v) is 4.86. The fraction of sp³-hybridized carbons (Fsp3) is 0.889. The molecule has 0 saturated carbocycles. The summed E-state index contributed by atoms with van der Waals surface area (Å²) in [5, 5.41) is 8.64. The van der Waals surface area contributed by atoms with Crippen molar-refractivity contribution in [2.75, 3.05) is 26.2 Å². The summed E-state index contributed by atoms with van der Waals surface area (Å²) in [6.45, 7) is 3.05. The van der Waals surface area contributed by atoms with Gasteiger partial charge in [0.1, 0.15) is 0 Å². The van der Waals surface area contributed by atoms with Crippen molar-refractivity contribution >= 4 is 5.91 Å². The molecule has 0 aliphatic carbocycles. The Bertz CT molecular complexity index is 165. The second-order valence-electron chi connectivity index (χ2n) is 3.60. The van der Waals surface area contributed by atoms with Gasteiger partial charge < -0.3 is 15.7 Å². The molecule has 1 heterocycles. The summed E-state index contributed by atoms with van der Waals surface area (Å²) in [5.74, 6) is -0.0906. The number of hydrogen-bond acceptors (Lipinski definition) is 3. The third-order valence-corrected chi connectivity index (χ3v) is 2.62. The summed E-state index contributed by atoms with van der Waals surface area (Å²) < 4.78 is 0. The molecule has 0 bridgehead atoms. The molecule has 76 valence electrons. The zero-order valence-electron chi connectivity index (χ0n) is 7.91. The summed E-state index contributed by atoms with van der Waals surface area (Å²) in [7, 11) is 0. The number of aliphatic hydroxyl groups excluding tert-OH is 1. The van der Waals surface area contributed by atoms with E-state index in [0.29, 0.717) is 0 Å². The van der Waals surface area contributed by atoms with E-state index in [4.69, 9.17) is 10.8 Å². The number of likely N-dealkylation sites (tertiary alicyclic amines) is 1. The van der Waals surface area contributed by atoms with E-state index in [0.717, 1.165) is 38.9 Å². The predicted octanol–water partition coefficient (Wildman–Crippen LogP) is -0.434. The summed E-state index contributed by atoms with van der Waals surface area (Å²) in [6, 6.07) is 0. The number of nitrogens with two attached hydrogens (primary N) is 1. The van der Waals surface area contributed by atoms with E-state index in [2.05, 4.69) is 4.90 Å². The zero-order valence-corrected chi connectivity index (χ0v) is 7.91. The van der Waals surface area contributed by atoms with Gasteiger partial charge in [-0.05, 0) is 32.4 Å². The van der Waals surface area contributed by atoms with Gasteiger partial charge in [0.25, 0.3) is 0 Å². The average molecular weight is 186 g/mol. The molecule has 3 N–H and O–H groups in total. The van der Waals surface area contributed by atoms with E-state index < -0.39 is 0 Å². The lowest BCUT2D eigenvalue weighted by molar-refractivity contribution is -0.123. The Hall–Kier alpha value is -0.610. The standard InChI is InChI=1S/C9H18N2O2/c10-9(13)8-2-5-11(6-3-8)4-1-7-12/h8,12H,1-7H2,(H2,10,13). The lowest BCUT2D eigenvalue weighted by Crippen LogP contribution is -2.39. The van der Waals surface area contributed by atoms with Gasteiger partial charge in [-0.3, -0.25) is 4.79 Å². The van der Waals surface area contributed by atoms with Crippen LogP contribution in [0.3, 0.4) is 0 Å². The highest BCUT2D eigenvalue weighted by atomic mass is 16.3. The monoisotopic (exact) mass is 186 g/mol. The van der Waals surface area contributed by atoms with E-state index in [1.54, 1.807) is 0 Å². The van der Waals surface area contributed by atoms with Crippen molar-refractivity contribution < 1.29 is 9.90 Å². The molecular weight excluding hydrogens is 168 g/mol. The number of nitrogens with zero attached hydrogens (tertiary/aromatic N) is 1. The molecule has 1 aliphatic heterocycles. The van der Waals surface area contributed by atoms with Gasteiger partial charge in [-0.1, -0.05) is 0 Å². The lowest BCUT2D eigenvalue weighted by atomic mass is 9.96. The third kappa shape index (κ3) is 3.32. The number of rotatable bonds is 4. The summed E-state index contributed by atoms with van der Waals surface area (Å²) in [6.07, 6.45) is 2.57. The maximum Gasteiger partial charge on any atom is 0.220 e. The molecule has 1 rings (SSSR count). The first-order chi connectivity index (χ1) is 6.24. The second kappa shape index (κ2) is 5.19. The number of amides is 1. The van der Waals surface area contributed by atoms with Crippen molar-refractivity contribution in [3.8, 4) is 0 Å². The third-order valence-electron chi connectivity index (χ3n) is 2.62. The second-order valence-corrected chi connectivity index (χ2v) is 3.60. The van der Waals surface area contributed by atoms with Crippen LogP contribution in [-0.2, 0) is 4.79 Å². The SMILES string of the molecule is NC(=O)C1CCN(CCCO)CC1. The Kier molecular flexibility index (Phi) is 4.18. The quantitative estimate of drug-likeness (QED) is 0.626. The van der Waals surface area contributed by atoms with Crippen LogP contribution in [0.1, 0.15) is 19.3 Å². The summed E-state index contributed by atoms with van der Waals surface area (Å²) >= 11 is 0. The van der Waals surface area contributed by atoms with Gasteiger partial charge in [-0.15, -0.1) is 0 Å². The van der Waals surface area contributed by atoms with E-state index >= 15 is 0 Å². The van der Waals surface area contributed by atoms with Crippen LogP contribution >= 0.6 is 0 Å². The zero-order chi connectivity index (χ0) is 9.68. The van der Waals surface area contributed by atoms with Crippen LogP contribution in [0.2, 0.25) is 0 Å². The highest BCUT2D eigenvalue weighted by Crippen LogP contribution is 2.16. The normalized spacial score (nSPS) is 20.4. The highest BCUT2D eigenvalue weighted by Gasteiger charge is 2.22. The maximum atomic E-state index is 10.8. The fourth-order valence-corrected chi connectivity index (χ4v) is 1.74. The van der Waals surface area contributed by atoms with Gasteiger partial charge in [0.15, 0.2) is 0 Å². The van der Waals surface area contributed by atoms with Crippen LogP contribution in [0.15, 0.2) is 0 Å². The van der Waals surface area contributed by atoms with Crippen LogP contribution in [-0.4, -0.2) is 42.2 Å². The molecular formula is C9H18N2O2. The Morgan fingerprint density at radius 2 is 2.08 bits per heavy atom. The highest BCUT2D eigenvalue weighted by molar-refractivity contribution is 5.76. The maximum absolute atomic E-state index is 10.8. The molecule has 1 saturated heterocycles. The van der Waals surface area contributed by atoms with Gasteiger partial charge in [0, 0.05) is 19.1 Å². The van der Waals surface area contributed by atoms with Gasteiger partial charge in [-0.2, -0.15) is 0 Å². The van der Waals surface area contributed by atoms with E-state index in [9.17, 15) is 4.79 Å². The first kappa shape index (κ1) is 10.5. The Labute approximate surface area is 78.7 Å². The Morgan fingerprint density at radius 1 is 1.46 bits per heavy atom. The average Bonchev–Trinajstić information content (AvgIpc) is 2.15. The molecule has 0 spiro atoms. The number of aliphatic hydroxyl groups is 1. The van der Waals surface area contributed by atoms with Crippen molar-refractivity contribution in [1.82, 2.24) is 4.90 Å². The van der Waals surface area contributed by atoms with Gasteiger partial charge in [-0.25, -0.2) is 0 Å². The molecule has 1 amide bonds. The lowest BCUT2D eigenvalue weighted by Gasteiger charge is -2.30. The minimum absolute atomic E-state index is 0.0744. The summed E-state index contributed by atoms with van der Waals surface area (Å²) in [4.78, 5) is 13.1. The van der Waals surface area contributed by atoms with Crippen molar-refractivity contribution in [2.45, 2.75) is 19.3 Å². The number of carbonyl (C=O) groups excluding carboxylic acids is 1. The molecule has 1 fully saturated rings. The molecule has 0 radical (unpaired) electrons. The molecule has 4 heteroatoms.